The molecule has 0 radical (unpaired) electrons. The Kier molecular flexibility index (Phi) is 2.82. The Balaban J connectivity index is 2.95. The highest BCUT2D eigenvalue weighted by Gasteiger charge is 2.08. The highest BCUT2D eigenvalue weighted by Crippen LogP contribution is 2.33. The van der Waals surface area contributed by atoms with Crippen LogP contribution in [0.1, 0.15) is 5.56 Å². The van der Waals surface area contributed by atoms with Crippen LogP contribution in [0, 0.1) is 6.92 Å². The molecule has 4 heteroatoms. The molecule has 0 aliphatic carbocycles. The van der Waals surface area contributed by atoms with Gasteiger partial charge in [-0.2, -0.15) is 0 Å². The van der Waals surface area contributed by atoms with Crippen LogP contribution in [0.2, 0.25) is 5.02 Å². The summed E-state index contributed by atoms with van der Waals surface area (Å²) in [5.41, 5.74) is 1.88. The minimum atomic E-state index is 0.759. The molecule has 0 bridgehead atoms. The summed E-state index contributed by atoms with van der Waals surface area (Å²) in [5.74, 6) is 0. The van der Waals surface area contributed by atoms with E-state index in [2.05, 4.69) is 36.8 Å². The van der Waals surface area contributed by atoms with Gasteiger partial charge in [0.05, 0.1) is 10.5 Å². The van der Waals surface area contributed by atoms with Crippen LogP contribution >= 0.6 is 43.5 Å². The van der Waals surface area contributed by atoms with Crippen LogP contribution in [0.5, 0.6) is 0 Å². The average Bonchev–Trinajstić information content (AvgIpc) is 2.10. The van der Waals surface area contributed by atoms with E-state index in [0.29, 0.717) is 0 Å². The minimum absolute atomic E-state index is 0.759. The third-order valence-corrected chi connectivity index (χ3v) is 3.57. The van der Waals surface area contributed by atoms with Crippen LogP contribution in [0.25, 0.3) is 10.9 Å². The number of hydrogen-bond acceptors (Lipinski definition) is 1. The maximum absolute atomic E-state index is 6.20. The van der Waals surface area contributed by atoms with Crippen LogP contribution in [0.3, 0.4) is 0 Å². The van der Waals surface area contributed by atoms with Crippen molar-refractivity contribution in [1.82, 2.24) is 4.98 Å². The molecule has 0 saturated heterocycles. The summed E-state index contributed by atoms with van der Waals surface area (Å²) in [6, 6.07) is 3.92. The van der Waals surface area contributed by atoms with Crippen molar-refractivity contribution in [2.45, 2.75) is 6.92 Å². The van der Waals surface area contributed by atoms with Crippen LogP contribution in [-0.4, -0.2) is 4.98 Å². The van der Waals surface area contributed by atoms with Gasteiger partial charge in [0.2, 0.25) is 0 Å². The lowest BCUT2D eigenvalue weighted by atomic mass is 10.2. The van der Waals surface area contributed by atoms with Gasteiger partial charge in [-0.1, -0.05) is 43.5 Å². The van der Waals surface area contributed by atoms with Crippen LogP contribution in [-0.2, 0) is 0 Å². The summed E-state index contributed by atoms with van der Waals surface area (Å²) in [6.07, 6.45) is 1.78. The van der Waals surface area contributed by atoms with E-state index in [-0.39, 0.29) is 0 Å². The molecule has 72 valence electrons. The predicted octanol–water partition coefficient (Wildman–Crippen LogP) is 4.72. The number of hydrogen-bond donors (Lipinski definition) is 0. The second kappa shape index (κ2) is 3.80. The largest absolute Gasteiger partial charge is 0.256 e. The summed E-state index contributed by atoms with van der Waals surface area (Å²) in [4.78, 5) is 4.32. The van der Waals surface area contributed by atoms with Gasteiger partial charge >= 0.3 is 0 Å². The molecule has 0 aliphatic heterocycles. The van der Waals surface area contributed by atoms with E-state index >= 15 is 0 Å². The topological polar surface area (TPSA) is 12.9 Å². The fraction of sp³-hybridized carbons (Fsp3) is 0.100. The summed E-state index contributed by atoms with van der Waals surface area (Å²) in [7, 11) is 0. The lowest BCUT2D eigenvalue weighted by Crippen LogP contribution is -1.85. The Morgan fingerprint density at radius 3 is 2.71 bits per heavy atom. The summed E-state index contributed by atoms with van der Waals surface area (Å²) < 4.78 is 1.95. The fourth-order valence-corrected chi connectivity index (χ4v) is 3.06. The third kappa shape index (κ3) is 1.69. The molecule has 14 heavy (non-hydrogen) atoms. The Hall–Kier alpha value is -0.120. The first kappa shape index (κ1) is 10.4. The summed E-state index contributed by atoms with van der Waals surface area (Å²) in [5, 5.41) is 1.73. The normalized spacial score (nSPS) is 10.9. The van der Waals surface area contributed by atoms with Crippen molar-refractivity contribution < 1.29 is 0 Å². The van der Waals surface area contributed by atoms with Crippen molar-refractivity contribution in [2.75, 3.05) is 0 Å². The van der Waals surface area contributed by atoms with Crippen LogP contribution in [0.4, 0.5) is 0 Å². The summed E-state index contributed by atoms with van der Waals surface area (Å²) in [6.45, 7) is 1.95. The standard InChI is InChI=1S/C10H6Br2ClN/c1-5-4-14-8-3-6(11)2-7(12)9(8)10(5)13/h2-4H,1H3. The second-order valence-electron chi connectivity index (χ2n) is 3.04. The quantitative estimate of drug-likeness (QED) is 0.679. The molecule has 0 N–H and O–H groups in total. The minimum Gasteiger partial charge on any atom is -0.256 e. The Morgan fingerprint density at radius 2 is 2.00 bits per heavy atom. The number of nitrogens with zero attached hydrogens (tertiary/aromatic N) is 1. The number of rotatable bonds is 0. The van der Waals surface area contributed by atoms with Crippen molar-refractivity contribution in [3.05, 3.63) is 37.9 Å². The lowest BCUT2D eigenvalue weighted by molar-refractivity contribution is 1.33. The molecule has 0 amide bonds. The Bertz CT molecular complexity index is 511. The Labute approximate surface area is 104 Å². The average molecular weight is 335 g/mol. The zero-order chi connectivity index (χ0) is 10.3. The van der Waals surface area contributed by atoms with E-state index in [1.54, 1.807) is 6.20 Å². The van der Waals surface area contributed by atoms with E-state index in [0.717, 1.165) is 30.4 Å². The number of aromatic nitrogens is 1. The molecular formula is C10H6Br2ClN. The van der Waals surface area contributed by atoms with Gasteiger partial charge in [0, 0.05) is 20.5 Å². The summed E-state index contributed by atoms with van der Waals surface area (Å²) >= 11 is 13.1. The van der Waals surface area contributed by atoms with Gasteiger partial charge < -0.3 is 0 Å². The zero-order valence-corrected chi connectivity index (χ0v) is 11.2. The number of pyridine rings is 1. The zero-order valence-electron chi connectivity index (χ0n) is 7.31. The van der Waals surface area contributed by atoms with Crippen molar-refractivity contribution in [2.24, 2.45) is 0 Å². The molecule has 0 saturated carbocycles. The van der Waals surface area contributed by atoms with Crippen molar-refractivity contribution >= 4 is 54.4 Å². The molecule has 0 unspecified atom stereocenters. The molecule has 1 aromatic heterocycles. The molecule has 0 aliphatic rings. The molecule has 0 atom stereocenters. The fourth-order valence-electron chi connectivity index (χ4n) is 1.30. The number of fused-ring (bicyclic) bond motifs is 1. The first-order valence-electron chi connectivity index (χ1n) is 3.99. The smallest absolute Gasteiger partial charge is 0.0739 e. The van der Waals surface area contributed by atoms with Gasteiger partial charge in [-0.25, -0.2) is 0 Å². The molecule has 1 nitrogen and oxygen atoms in total. The maximum atomic E-state index is 6.20. The van der Waals surface area contributed by atoms with Gasteiger partial charge in [-0.3, -0.25) is 4.98 Å². The molecular weight excluding hydrogens is 329 g/mol. The van der Waals surface area contributed by atoms with E-state index in [1.165, 1.54) is 0 Å². The molecule has 2 rings (SSSR count). The van der Waals surface area contributed by atoms with Crippen LogP contribution in [0.15, 0.2) is 27.3 Å². The Morgan fingerprint density at radius 1 is 1.29 bits per heavy atom. The monoisotopic (exact) mass is 333 g/mol. The van der Waals surface area contributed by atoms with E-state index < -0.39 is 0 Å². The van der Waals surface area contributed by atoms with Gasteiger partial charge in [0.1, 0.15) is 0 Å². The molecule has 1 aromatic carbocycles. The highest BCUT2D eigenvalue weighted by atomic mass is 79.9. The van der Waals surface area contributed by atoms with Crippen molar-refractivity contribution in [3.8, 4) is 0 Å². The number of benzene rings is 1. The van der Waals surface area contributed by atoms with Gasteiger partial charge in [-0.05, 0) is 24.6 Å². The van der Waals surface area contributed by atoms with Crippen molar-refractivity contribution in [1.29, 1.82) is 0 Å². The maximum Gasteiger partial charge on any atom is 0.0739 e. The van der Waals surface area contributed by atoms with Crippen LogP contribution < -0.4 is 0 Å². The van der Waals surface area contributed by atoms with Gasteiger partial charge in [-0.15, -0.1) is 0 Å². The van der Waals surface area contributed by atoms with E-state index in [1.807, 2.05) is 19.1 Å². The first-order chi connectivity index (χ1) is 6.59. The lowest BCUT2D eigenvalue weighted by Gasteiger charge is -2.05. The number of halogens is 3. The molecule has 0 spiro atoms. The second-order valence-corrected chi connectivity index (χ2v) is 5.18. The highest BCUT2D eigenvalue weighted by molar-refractivity contribution is 9.11. The molecule has 0 fully saturated rings. The SMILES string of the molecule is Cc1cnc2cc(Br)cc(Br)c2c1Cl. The van der Waals surface area contributed by atoms with Gasteiger partial charge in [0.15, 0.2) is 0 Å². The van der Waals surface area contributed by atoms with Gasteiger partial charge in [0.25, 0.3) is 0 Å². The van der Waals surface area contributed by atoms with E-state index in [4.69, 9.17) is 11.6 Å². The number of aryl methyl sites for hydroxylation is 1. The first-order valence-corrected chi connectivity index (χ1v) is 5.96. The van der Waals surface area contributed by atoms with E-state index in [9.17, 15) is 0 Å². The molecule has 2 aromatic rings. The predicted molar refractivity (Wildman–Crippen MR) is 66.9 cm³/mol. The molecule has 1 heterocycles. The third-order valence-electron chi connectivity index (χ3n) is 2.00. The van der Waals surface area contributed by atoms with Crippen molar-refractivity contribution in [3.63, 3.8) is 0 Å².